The van der Waals surface area contributed by atoms with E-state index in [-0.39, 0.29) is 13.1 Å². The number of hydrogen-bond acceptors (Lipinski definition) is 2. The van der Waals surface area contributed by atoms with Crippen LogP contribution >= 0.6 is 0 Å². The summed E-state index contributed by atoms with van der Waals surface area (Å²) in [5, 5.41) is 11.1. The van der Waals surface area contributed by atoms with Crippen molar-refractivity contribution in [3.8, 4) is 0 Å². The van der Waals surface area contributed by atoms with Crippen molar-refractivity contribution < 1.29 is 18.3 Å². The number of nitrogens with one attached hydrogen (secondary N) is 1. The van der Waals surface area contributed by atoms with Crippen LogP contribution in [-0.4, -0.2) is 30.5 Å². The minimum absolute atomic E-state index is 0.131. The van der Waals surface area contributed by atoms with Crippen LogP contribution in [0.2, 0.25) is 0 Å². The highest BCUT2D eigenvalue weighted by atomic mass is 19.4. The smallest absolute Gasteiger partial charge is 0.390 e. The van der Waals surface area contributed by atoms with E-state index in [1.165, 1.54) is 6.92 Å². The van der Waals surface area contributed by atoms with Crippen molar-refractivity contribution in [3.05, 3.63) is 0 Å². The van der Waals surface area contributed by atoms with E-state index in [0.29, 0.717) is 0 Å². The third-order valence-electron chi connectivity index (χ3n) is 1.02. The summed E-state index contributed by atoms with van der Waals surface area (Å²) in [6.45, 7) is 1.59. The molecule has 0 aliphatic carbocycles. The standard InChI is InChI=1S/C6H12F3NO/c1-5(11)4-10-3-2-6(7,8)9/h5,10-11H,2-4H2,1H3/t5-/m0/s1. The molecule has 0 aliphatic rings. The van der Waals surface area contributed by atoms with Crippen LogP contribution in [0.25, 0.3) is 0 Å². The van der Waals surface area contributed by atoms with Crippen LogP contribution in [0.15, 0.2) is 0 Å². The van der Waals surface area contributed by atoms with E-state index in [9.17, 15) is 13.2 Å². The van der Waals surface area contributed by atoms with Gasteiger partial charge in [-0.1, -0.05) is 0 Å². The molecular weight excluding hydrogens is 159 g/mol. The second kappa shape index (κ2) is 4.56. The van der Waals surface area contributed by atoms with Gasteiger partial charge in [0.2, 0.25) is 0 Å². The molecule has 0 bridgehead atoms. The molecule has 0 rings (SSSR count). The second-order valence-corrected chi connectivity index (χ2v) is 2.42. The molecule has 0 unspecified atom stereocenters. The van der Waals surface area contributed by atoms with Crippen LogP contribution in [0.1, 0.15) is 13.3 Å². The summed E-state index contributed by atoms with van der Waals surface area (Å²) in [5.41, 5.74) is 0. The highest BCUT2D eigenvalue weighted by Crippen LogP contribution is 2.17. The Labute approximate surface area is 63.4 Å². The maximum atomic E-state index is 11.5. The molecule has 0 heterocycles. The van der Waals surface area contributed by atoms with E-state index in [1.54, 1.807) is 0 Å². The van der Waals surface area contributed by atoms with Gasteiger partial charge >= 0.3 is 6.18 Å². The summed E-state index contributed by atoms with van der Waals surface area (Å²) in [7, 11) is 0. The van der Waals surface area contributed by atoms with Gasteiger partial charge in [0.05, 0.1) is 12.5 Å². The summed E-state index contributed by atoms with van der Waals surface area (Å²) < 4.78 is 34.4. The first kappa shape index (κ1) is 10.7. The summed E-state index contributed by atoms with van der Waals surface area (Å²) in [6, 6.07) is 0. The maximum absolute atomic E-state index is 11.5. The van der Waals surface area contributed by atoms with Gasteiger partial charge in [0.15, 0.2) is 0 Å². The lowest BCUT2D eigenvalue weighted by atomic mass is 10.3. The molecule has 0 saturated carbocycles. The Hall–Kier alpha value is -0.290. The Morgan fingerprint density at radius 3 is 2.36 bits per heavy atom. The molecule has 0 fully saturated rings. The van der Waals surface area contributed by atoms with E-state index in [1.807, 2.05) is 0 Å². The predicted octanol–water partition coefficient (Wildman–Crippen LogP) is 0.909. The molecule has 0 amide bonds. The fourth-order valence-electron chi connectivity index (χ4n) is 0.541. The quantitative estimate of drug-likeness (QED) is 0.616. The molecule has 2 nitrogen and oxygen atoms in total. The highest BCUT2D eigenvalue weighted by molar-refractivity contribution is 4.56. The average molecular weight is 171 g/mol. The van der Waals surface area contributed by atoms with Crippen molar-refractivity contribution in [1.82, 2.24) is 5.32 Å². The van der Waals surface area contributed by atoms with Crippen LogP contribution in [0.5, 0.6) is 0 Å². The van der Waals surface area contributed by atoms with Crippen molar-refractivity contribution in [1.29, 1.82) is 0 Å². The third-order valence-corrected chi connectivity index (χ3v) is 1.02. The molecule has 0 radical (unpaired) electrons. The first-order chi connectivity index (χ1) is 4.92. The lowest BCUT2D eigenvalue weighted by Crippen LogP contribution is -2.28. The van der Waals surface area contributed by atoms with E-state index in [0.717, 1.165) is 0 Å². The van der Waals surface area contributed by atoms with Gasteiger partial charge in [-0.2, -0.15) is 13.2 Å². The Morgan fingerprint density at radius 1 is 1.45 bits per heavy atom. The zero-order valence-electron chi connectivity index (χ0n) is 6.28. The first-order valence-electron chi connectivity index (χ1n) is 3.37. The van der Waals surface area contributed by atoms with Crippen LogP contribution in [-0.2, 0) is 0 Å². The van der Waals surface area contributed by atoms with Crippen molar-refractivity contribution >= 4 is 0 Å². The van der Waals surface area contributed by atoms with Crippen molar-refractivity contribution in [2.45, 2.75) is 25.6 Å². The zero-order chi connectivity index (χ0) is 8.91. The number of aliphatic hydroxyl groups excluding tert-OH is 1. The van der Waals surface area contributed by atoms with E-state index < -0.39 is 18.7 Å². The Kier molecular flexibility index (Phi) is 4.44. The number of aliphatic hydroxyl groups is 1. The third kappa shape index (κ3) is 9.71. The van der Waals surface area contributed by atoms with Crippen molar-refractivity contribution in [3.63, 3.8) is 0 Å². The van der Waals surface area contributed by atoms with Crippen LogP contribution in [0, 0.1) is 0 Å². The predicted molar refractivity (Wildman–Crippen MR) is 35.2 cm³/mol. The SMILES string of the molecule is C[C@H](O)CNCCC(F)(F)F. The van der Waals surface area contributed by atoms with E-state index >= 15 is 0 Å². The molecule has 0 aromatic rings. The topological polar surface area (TPSA) is 32.3 Å². The molecule has 2 N–H and O–H groups in total. The van der Waals surface area contributed by atoms with Crippen LogP contribution in [0.4, 0.5) is 13.2 Å². The van der Waals surface area contributed by atoms with Crippen molar-refractivity contribution in [2.75, 3.05) is 13.1 Å². The molecule has 0 saturated heterocycles. The van der Waals surface area contributed by atoms with Gasteiger partial charge in [0, 0.05) is 13.1 Å². The Balaban J connectivity index is 3.15. The molecule has 0 aromatic heterocycles. The number of alkyl halides is 3. The molecular formula is C6H12F3NO. The molecule has 0 aromatic carbocycles. The van der Waals surface area contributed by atoms with Gasteiger partial charge in [0.25, 0.3) is 0 Å². The molecule has 0 aliphatic heterocycles. The molecule has 11 heavy (non-hydrogen) atoms. The second-order valence-electron chi connectivity index (χ2n) is 2.42. The van der Waals surface area contributed by atoms with Gasteiger partial charge in [-0.25, -0.2) is 0 Å². The van der Waals surface area contributed by atoms with Crippen molar-refractivity contribution in [2.24, 2.45) is 0 Å². The van der Waals surface area contributed by atoms with Gasteiger partial charge in [-0.05, 0) is 6.92 Å². The summed E-state index contributed by atoms with van der Waals surface area (Å²) in [4.78, 5) is 0. The number of rotatable bonds is 4. The summed E-state index contributed by atoms with van der Waals surface area (Å²) >= 11 is 0. The van der Waals surface area contributed by atoms with Crippen LogP contribution in [0.3, 0.4) is 0 Å². The number of hydrogen-bond donors (Lipinski definition) is 2. The Bertz CT molecular complexity index is 102. The average Bonchev–Trinajstić information content (AvgIpc) is 1.78. The fraction of sp³-hybridized carbons (Fsp3) is 1.00. The summed E-state index contributed by atoms with van der Waals surface area (Å²) in [6.07, 6.45) is -5.55. The molecule has 0 spiro atoms. The maximum Gasteiger partial charge on any atom is 0.390 e. The molecule has 1 atom stereocenters. The lowest BCUT2D eigenvalue weighted by Gasteiger charge is -2.08. The molecule has 5 heteroatoms. The largest absolute Gasteiger partial charge is 0.392 e. The van der Waals surface area contributed by atoms with Gasteiger partial charge in [-0.15, -0.1) is 0 Å². The first-order valence-corrected chi connectivity index (χ1v) is 3.37. The minimum Gasteiger partial charge on any atom is -0.392 e. The monoisotopic (exact) mass is 171 g/mol. The molecule has 68 valence electrons. The summed E-state index contributed by atoms with van der Waals surface area (Å²) in [5.74, 6) is 0. The van der Waals surface area contributed by atoms with Crippen LogP contribution < -0.4 is 5.32 Å². The van der Waals surface area contributed by atoms with E-state index in [2.05, 4.69) is 5.32 Å². The lowest BCUT2D eigenvalue weighted by molar-refractivity contribution is -0.133. The number of halogens is 3. The van der Waals surface area contributed by atoms with Gasteiger partial charge in [0.1, 0.15) is 0 Å². The van der Waals surface area contributed by atoms with Gasteiger partial charge in [-0.3, -0.25) is 0 Å². The van der Waals surface area contributed by atoms with E-state index in [4.69, 9.17) is 5.11 Å². The van der Waals surface area contributed by atoms with Gasteiger partial charge < -0.3 is 10.4 Å². The zero-order valence-corrected chi connectivity index (χ0v) is 6.28. The normalized spacial score (nSPS) is 15.0. The highest BCUT2D eigenvalue weighted by Gasteiger charge is 2.25. The fourth-order valence-corrected chi connectivity index (χ4v) is 0.541. The minimum atomic E-state index is -4.11. The Morgan fingerprint density at radius 2 is 2.00 bits per heavy atom.